The number of rotatable bonds is 6. The molecule has 1 aliphatic rings. The van der Waals surface area contributed by atoms with Gasteiger partial charge in [-0.3, -0.25) is 4.72 Å². The Hall–Kier alpha value is -4.17. The SMILES string of the molecule is CC(C)(C)OC(=O)N1CCC(Oc2ncnc3ccc(-c4cnc(Cl)c(NS(=O)(=O)c5ccc(F)cc5F)c4)nc23)CC1. The zero-order valence-electron chi connectivity index (χ0n) is 23.3. The molecule has 15 heteroatoms. The molecule has 1 aliphatic heterocycles. The van der Waals surface area contributed by atoms with Gasteiger partial charge in [-0.15, -0.1) is 0 Å². The van der Waals surface area contributed by atoms with Gasteiger partial charge < -0.3 is 14.4 Å². The Morgan fingerprint density at radius 2 is 1.81 bits per heavy atom. The van der Waals surface area contributed by atoms with Crippen molar-refractivity contribution >= 4 is 44.4 Å². The zero-order chi connectivity index (χ0) is 30.9. The maximum atomic E-state index is 14.2. The maximum absolute atomic E-state index is 14.2. The molecule has 11 nitrogen and oxygen atoms in total. The number of ether oxygens (including phenoxy) is 2. The first-order valence-corrected chi connectivity index (χ1v) is 15.1. The first kappa shape index (κ1) is 30.3. The highest BCUT2D eigenvalue weighted by molar-refractivity contribution is 7.92. The van der Waals surface area contributed by atoms with Gasteiger partial charge in [-0.05, 0) is 51.1 Å². The number of likely N-dealkylation sites (tertiary alicyclic amines) is 1. The van der Waals surface area contributed by atoms with Gasteiger partial charge in [0.25, 0.3) is 10.0 Å². The summed E-state index contributed by atoms with van der Waals surface area (Å²) in [6.07, 6.45) is 3.27. The fraction of sp³-hybridized carbons (Fsp3) is 0.321. The van der Waals surface area contributed by atoms with Crippen LogP contribution in [0.4, 0.5) is 19.3 Å². The second-order valence-corrected chi connectivity index (χ2v) is 12.8. The number of aromatic nitrogens is 4. The number of carbonyl (C=O) groups is 1. The first-order chi connectivity index (χ1) is 20.3. The van der Waals surface area contributed by atoms with E-state index in [1.54, 1.807) is 17.0 Å². The van der Waals surface area contributed by atoms with Gasteiger partial charge in [0.1, 0.15) is 34.6 Å². The van der Waals surface area contributed by atoms with Crippen molar-refractivity contribution in [2.24, 2.45) is 0 Å². The van der Waals surface area contributed by atoms with Crippen molar-refractivity contribution in [2.75, 3.05) is 17.8 Å². The number of piperidine rings is 1. The van der Waals surface area contributed by atoms with Gasteiger partial charge in [0.05, 0.1) is 16.9 Å². The van der Waals surface area contributed by atoms with Crippen LogP contribution in [0.15, 0.2) is 53.8 Å². The molecule has 0 aliphatic carbocycles. The summed E-state index contributed by atoms with van der Waals surface area (Å²) in [6, 6.07) is 6.85. The Labute approximate surface area is 251 Å². The normalized spacial score (nSPS) is 14.5. The third-order valence-electron chi connectivity index (χ3n) is 6.38. The highest BCUT2D eigenvalue weighted by atomic mass is 35.5. The molecular weight excluding hydrogens is 606 g/mol. The molecule has 0 bridgehead atoms. The highest BCUT2D eigenvalue weighted by Gasteiger charge is 2.28. The van der Waals surface area contributed by atoms with E-state index in [9.17, 15) is 22.0 Å². The molecule has 0 atom stereocenters. The quantitative estimate of drug-likeness (QED) is 0.269. The number of nitrogens with zero attached hydrogens (tertiary/aromatic N) is 5. The lowest BCUT2D eigenvalue weighted by molar-refractivity contribution is 0.0124. The number of sulfonamides is 1. The number of fused-ring (bicyclic) bond motifs is 1. The molecule has 226 valence electrons. The minimum atomic E-state index is -4.47. The molecule has 4 aromatic rings. The van der Waals surface area contributed by atoms with E-state index in [2.05, 4.69) is 24.7 Å². The molecule has 1 amide bonds. The number of anilines is 1. The van der Waals surface area contributed by atoms with E-state index in [1.165, 1.54) is 18.6 Å². The van der Waals surface area contributed by atoms with E-state index in [0.29, 0.717) is 54.3 Å². The van der Waals surface area contributed by atoms with Crippen LogP contribution in [0.2, 0.25) is 5.15 Å². The lowest BCUT2D eigenvalue weighted by atomic mass is 10.1. The average Bonchev–Trinajstić information content (AvgIpc) is 2.93. The number of carbonyl (C=O) groups excluding carboxylic acids is 1. The maximum Gasteiger partial charge on any atom is 0.410 e. The summed E-state index contributed by atoms with van der Waals surface area (Å²) in [7, 11) is -4.47. The summed E-state index contributed by atoms with van der Waals surface area (Å²) in [5.41, 5.74) is 0.907. The molecule has 1 fully saturated rings. The van der Waals surface area contributed by atoms with Gasteiger partial charge >= 0.3 is 6.09 Å². The molecule has 0 spiro atoms. The summed E-state index contributed by atoms with van der Waals surface area (Å²) >= 11 is 6.15. The smallest absolute Gasteiger partial charge is 0.410 e. The van der Waals surface area contributed by atoms with E-state index in [4.69, 9.17) is 21.1 Å². The number of hydrogen-bond donors (Lipinski definition) is 1. The zero-order valence-corrected chi connectivity index (χ0v) is 24.9. The van der Waals surface area contributed by atoms with Gasteiger partial charge in [-0.1, -0.05) is 11.6 Å². The molecule has 4 heterocycles. The van der Waals surface area contributed by atoms with Crippen LogP contribution in [0.3, 0.4) is 0 Å². The van der Waals surface area contributed by atoms with Crippen LogP contribution in [-0.4, -0.2) is 64.1 Å². The molecular formula is C28H27ClF2N6O5S. The summed E-state index contributed by atoms with van der Waals surface area (Å²) < 4.78 is 67.0. The van der Waals surface area contributed by atoms with Crippen molar-refractivity contribution in [1.29, 1.82) is 0 Å². The van der Waals surface area contributed by atoms with Gasteiger partial charge in [0, 0.05) is 43.8 Å². The molecule has 1 saturated heterocycles. The van der Waals surface area contributed by atoms with Crippen LogP contribution >= 0.6 is 11.6 Å². The van der Waals surface area contributed by atoms with Crippen molar-refractivity contribution in [3.63, 3.8) is 0 Å². The Bertz CT molecular complexity index is 1800. The predicted molar refractivity (Wildman–Crippen MR) is 154 cm³/mol. The summed E-state index contributed by atoms with van der Waals surface area (Å²) in [6.45, 7) is 6.36. The molecule has 5 rings (SSSR count). The van der Waals surface area contributed by atoms with E-state index in [1.807, 2.05) is 20.8 Å². The van der Waals surface area contributed by atoms with Gasteiger partial charge in [-0.25, -0.2) is 36.9 Å². The monoisotopic (exact) mass is 632 g/mol. The van der Waals surface area contributed by atoms with Crippen LogP contribution in [0.1, 0.15) is 33.6 Å². The van der Waals surface area contributed by atoms with E-state index < -0.39 is 32.2 Å². The topological polar surface area (TPSA) is 136 Å². The number of hydrogen-bond acceptors (Lipinski definition) is 9. The Balaban J connectivity index is 1.36. The minimum Gasteiger partial charge on any atom is -0.473 e. The number of nitrogens with one attached hydrogen (secondary N) is 1. The van der Waals surface area contributed by atoms with Gasteiger partial charge in [0.15, 0.2) is 10.7 Å². The standard InChI is InChI=1S/C28H27ClF2N6O5S/c1-28(2,3)42-27(38)37-10-8-18(9-11-37)41-26-24-21(33-15-34-26)6-5-20(35-24)16-12-22(25(29)32-14-16)36-43(39,40)23-7-4-17(30)13-19(23)31/h4-7,12-15,18,36H,8-11H2,1-3H3. The Morgan fingerprint density at radius 3 is 2.51 bits per heavy atom. The van der Waals surface area contributed by atoms with Crippen molar-refractivity contribution in [3.8, 4) is 17.1 Å². The predicted octanol–water partition coefficient (Wildman–Crippen LogP) is 5.60. The lowest BCUT2D eigenvalue weighted by Gasteiger charge is -2.33. The highest BCUT2D eigenvalue weighted by Crippen LogP contribution is 2.31. The first-order valence-electron chi connectivity index (χ1n) is 13.2. The van der Waals surface area contributed by atoms with Crippen molar-refractivity contribution in [3.05, 3.63) is 65.7 Å². The number of pyridine rings is 2. The summed E-state index contributed by atoms with van der Waals surface area (Å²) in [5, 5.41) is -0.194. The fourth-order valence-corrected chi connectivity index (χ4v) is 5.68. The van der Waals surface area contributed by atoms with E-state index in [0.717, 1.165) is 12.1 Å². The van der Waals surface area contributed by atoms with Crippen molar-refractivity contribution in [2.45, 2.75) is 50.2 Å². The second-order valence-electron chi connectivity index (χ2n) is 10.8. The Kier molecular flexibility index (Phi) is 8.34. The average molecular weight is 633 g/mol. The van der Waals surface area contributed by atoms with E-state index >= 15 is 0 Å². The number of halogens is 3. The van der Waals surface area contributed by atoms with Gasteiger partial charge in [0.2, 0.25) is 5.88 Å². The van der Waals surface area contributed by atoms with Crippen LogP contribution in [0.25, 0.3) is 22.3 Å². The minimum absolute atomic E-state index is 0.137. The Morgan fingerprint density at radius 1 is 1.07 bits per heavy atom. The molecule has 0 radical (unpaired) electrons. The van der Waals surface area contributed by atoms with Gasteiger partial charge in [-0.2, -0.15) is 4.98 Å². The molecule has 43 heavy (non-hydrogen) atoms. The molecule has 1 aromatic carbocycles. The van der Waals surface area contributed by atoms with Crippen LogP contribution in [-0.2, 0) is 14.8 Å². The van der Waals surface area contributed by atoms with Crippen LogP contribution in [0, 0.1) is 11.6 Å². The molecule has 0 unspecified atom stereocenters. The van der Waals surface area contributed by atoms with Crippen LogP contribution in [0.5, 0.6) is 5.88 Å². The summed E-state index contributed by atoms with van der Waals surface area (Å²) in [4.78, 5) is 30.5. The number of amides is 1. The van der Waals surface area contributed by atoms with Crippen LogP contribution < -0.4 is 9.46 Å². The molecule has 1 N–H and O–H groups in total. The third kappa shape index (κ3) is 7.08. The second kappa shape index (κ2) is 11.8. The number of benzene rings is 1. The van der Waals surface area contributed by atoms with Crippen molar-refractivity contribution in [1.82, 2.24) is 24.8 Å². The molecule has 3 aromatic heterocycles. The largest absolute Gasteiger partial charge is 0.473 e. The van der Waals surface area contributed by atoms with Crippen molar-refractivity contribution < 1.29 is 31.5 Å². The van der Waals surface area contributed by atoms with E-state index in [-0.39, 0.29) is 28.9 Å². The third-order valence-corrected chi connectivity index (χ3v) is 8.08. The molecule has 0 saturated carbocycles. The fourth-order valence-electron chi connectivity index (χ4n) is 4.36. The summed E-state index contributed by atoms with van der Waals surface area (Å²) in [5.74, 6) is -1.93. The lowest BCUT2D eigenvalue weighted by Crippen LogP contribution is -2.44.